The number of hydrogen-bond acceptors (Lipinski definition) is 6. The zero-order chi connectivity index (χ0) is 27.8. The molecule has 39 heavy (non-hydrogen) atoms. The molecule has 0 radical (unpaired) electrons. The van der Waals surface area contributed by atoms with Crippen LogP contribution < -0.4 is 26.6 Å². The van der Waals surface area contributed by atoms with Gasteiger partial charge in [-0.15, -0.1) is 0 Å². The van der Waals surface area contributed by atoms with Crippen molar-refractivity contribution in [3.8, 4) is 17.2 Å². The fraction of sp³-hybridized carbons (Fsp3) is 0.148. The Morgan fingerprint density at radius 1 is 1.05 bits per heavy atom. The van der Waals surface area contributed by atoms with Crippen molar-refractivity contribution in [2.45, 2.75) is 26.3 Å². The molecule has 0 unspecified atom stereocenters. The van der Waals surface area contributed by atoms with Crippen LogP contribution in [-0.2, 0) is 11.2 Å². The summed E-state index contributed by atoms with van der Waals surface area (Å²) < 4.78 is 36.0. The average molecular weight is 533 g/mol. The molecule has 0 spiro atoms. The number of nitrogens with zero attached hydrogens (tertiary/aromatic N) is 3. The lowest BCUT2D eigenvalue weighted by molar-refractivity contribution is -0.115. The Balaban J connectivity index is 1.44. The maximum atomic E-state index is 14.9. The summed E-state index contributed by atoms with van der Waals surface area (Å²) in [4.78, 5) is 55.0. The molecule has 0 atom stereocenters. The minimum Gasteiger partial charge on any atom is -0.454 e. The van der Waals surface area contributed by atoms with Crippen LogP contribution in [0.25, 0.3) is 5.69 Å². The van der Waals surface area contributed by atoms with E-state index in [2.05, 4.69) is 15.6 Å². The van der Waals surface area contributed by atoms with E-state index in [9.17, 15) is 28.0 Å². The summed E-state index contributed by atoms with van der Waals surface area (Å²) in [6, 6.07) is 9.45. The van der Waals surface area contributed by atoms with Gasteiger partial charge in [-0.3, -0.25) is 19.0 Å². The minimum absolute atomic E-state index is 0.0247. The van der Waals surface area contributed by atoms with Gasteiger partial charge >= 0.3 is 5.69 Å². The topological polar surface area (TPSA) is 124 Å². The zero-order valence-corrected chi connectivity index (χ0v) is 20.7. The van der Waals surface area contributed by atoms with Crippen molar-refractivity contribution in [2.24, 2.45) is 0 Å². The predicted octanol–water partition coefficient (Wildman–Crippen LogP) is 3.79. The highest BCUT2D eigenvalue weighted by atomic mass is 19.1. The Kier molecular flexibility index (Phi) is 6.52. The van der Waals surface area contributed by atoms with E-state index in [1.807, 2.05) is 0 Å². The maximum absolute atomic E-state index is 14.9. The summed E-state index contributed by atoms with van der Waals surface area (Å²) in [5.74, 6) is -2.07. The maximum Gasteiger partial charge on any atom is 0.335 e. The number of rotatable bonds is 6. The largest absolute Gasteiger partial charge is 0.454 e. The molecular weight excluding hydrogens is 512 g/mol. The van der Waals surface area contributed by atoms with Crippen molar-refractivity contribution in [1.29, 1.82) is 0 Å². The third-order valence-electron chi connectivity index (χ3n) is 6.02. The number of benzene rings is 2. The third-order valence-corrected chi connectivity index (χ3v) is 6.02. The van der Waals surface area contributed by atoms with Gasteiger partial charge in [0.05, 0.1) is 12.1 Å². The molecule has 0 fully saturated rings. The van der Waals surface area contributed by atoms with Crippen LogP contribution in [-0.4, -0.2) is 25.9 Å². The number of aromatic nitrogens is 3. The standard InChI is InChI=1S/C27H21F2N5O5/c1-14(2)33-13-19(26(37)34(27(33)38)17-6-3-15(28)4-7-17)25(36)31-16-5-8-22(20(29)11-16)39-21-9-10-30-24-18(21)12-23(35)32-24/h3-11,13-14H,12H2,1-2H3,(H,31,36)(H,30,32,35). The molecular formula is C27H21F2N5O5. The molecule has 0 aliphatic carbocycles. The Morgan fingerprint density at radius 3 is 2.49 bits per heavy atom. The highest BCUT2D eigenvalue weighted by Gasteiger charge is 2.24. The number of anilines is 2. The summed E-state index contributed by atoms with van der Waals surface area (Å²) in [6.07, 6.45) is 2.60. The number of pyridine rings is 1. The van der Waals surface area contributed by atoms with Crippen LogP contribution in [0.2, 0.25) is 0 Å². The number of carbonyl (C=O) groups excluding carboxylic acids is 2. The lowest BCUT2D eigenvalue weighted by atomic mass is 10.2. The molecule has 2 aromatic heterocycles. The van der Waals surface area contributed by atoms with Crippen molar-refractivity contribution in [1.82, 2.24) is 14.1 Å². The lowest BCUT2D eigenvalue weighted by Crippen LogP contribution is -2.42. The van der Waals surface area contributed by atoms with E-state index in [0.717, 1.165) is 29.0 Å². The summed E-state index contributed by atoms with van der Waals surface area (Å²) in [6.45, 7) is 3.39. The van der Waals surface area contributed by atoms with E-state index in [1.165, 1.54) is 41.1 Å². The highest BCUT2D eigenvalue weighted by molar-refractivity contribution is 6.04. The predicted molar refractivity (Wildman–Crippen MR) is 138 cm³/mol. The van der Waals surface area contributed by atoms with Crippen molar-refractivity contribution < 1.29 is 23.1 Å². The van der Waals surface area contributed by atoms with E-state index < -0.39 is 34.8 Å². The second-order valence-corrected chi connectivity index (χ2v) is 9.01. The molecule has 2 aromatic carbocycles. The molecule has 5 rings (SSSR count). The minimum atomic E-state index is -0.920. The van der Waals surface area contributed by atoms with Gasteiger partial charge in [0.1, 0.15) is 22.9 Å². The smallest absolute Gasteiger partial charge is 0.335 e. The van der Waals surface area contributed by atoms with Gasteiger partial charge in [0.25, 0.3) is 11.5 Å². The molecule has 10 nitrogen and oxygen atoms in total. The number of fused-ring (bicyclic) bond motifs is 1. The second kappa shape index (κ2) is 9.97. The van der Waals surface area contributed by atoms with Crippen molar-refractivity contribution in [2.75, 3.05) is 10.6 Å². The summed E-state index contributed by atoms with van der Waals surface area (Å²) >= 11 is 0. The van der Waals surface area contributed by atoms with E-state index in [1.54, 1.807) is 13.8 Å². The molecule has 1 aliphatic heterocycles. The summed E-state index contributed by atoms with van der Waals surface area (Å²) in [5.41, 5.74) is -1.39. The Bertz CT molecular complexity index is 1750. The van der Waals surface area contributed by atoms with Gasteiger partial charge in [0.2, 0.25) is 5.91 Å². The Morgan fingerprint density at radius 2 is 1.79 bits per heavy atom. The molecule has 2 amide bonds. The van der Waals surface area contributed by atoms with Crippen LogP contribution in [0.1, 0.15) is 35.8 Å². The van der Waals surface area contributed by atoms with Crippen LogP contribution in [0.4, 0.5) is 20.3 Å². The molecule has 198 valence electrons. The molecule has 0 saturated carbocycles. The quantitative estimate of drug-likeness (QED) is 0.389. The zero-order valence-electron chi connectivity index (χ0n) is 20.7. The first-order valence-electron chi connectivity index (χ1n) is 11.8. The molecule has 3 heterocycles. The molecule has 12 heteroatoms. The first kappa shape index (κ1) is 25.5. The summed E-state index contributed by atoms with van der Waals surface area (Å²) in [7, 11) is 0. The van der Waals surface area contributed by atoms with Crippen LogP contribution in [0.5, 0.6) is 11.5 Å². The van der Waals surface area contributed by atoms with E-state index >= 15 is 0 Å². The van der Waals surface area contributed by atoms with Crippen LogP contribution >= 0.6 is 0 Å². The fourth-order valence-electron chi connectivity index (χ4n) is 4.08. The van der Waals surface area contributed by atoms with E-state index in [4.69, 9.17) is 4.74 Å². The highest BCUT2D eigenvalue weighted by Crippen LogP contribution is 2.34. The average Bonchev–Trinajstić information content (AvgIpc) is 3.27. The fourth-order valence-corrected chi connectivity index (χ4v) is 4.08. The molecule has 4 aromatic rings. The number of amides is 2. The van der Waals surface area contributed by atoms with Gasteiger partial charge in [-0.1, -0.05) is 0 Å². The first-order chi connectivity index (χ1) is 18.6. The van der Waals surface area contributed by atoms with Gasteiger partial charge in [-0.25, -0.2) is 23.1 Å². The SMILES string of the molecule is CC(C)n1cc(C(=O)Nc2ccc(Oc3ccnc4c3CC(=O)N4)c(F)c2)c(=O)n(-c2ccc(F)cc2)c1=O. The Labute approximate surface area is 219 Å². The number of ether oxygens (including phenoxy) is 1. The number of hydrogen-bond donors (Lipinski definition) is 2. The third kappa shape index (κ3) is 4.91. The van der Waals surface area contributed by atoms with Gasteiger partial charge in [0, 0.05) is 35.8 Å². The normalized spacial score (nSPS) is 12.3. The van der Waals surface area contributed by atoms with Crippen molar-refractivity contribution in [3.63, 3.8) is 0 Å². The van der Waals surface area contributed by atoms with Crippen molar-refractivity contribution >= 4 is 23.3 Å². The van der Waals surface area contributed by atoms with Gasteiger partial charge in [-0.2, -0.15) is 0 Å². The number of halogens is 2. The van der Waals surface area contributed by atoms with Gasteiger partial charge in [-0.05, 0) is 56.3 Å². The second-order valence-electron chi connectivity index (χ2n) is 9.01. The van der Waals surface area contributed by atoms with E-state index in [0.29, 0.717) is 11.4 Å². The number of carbonyl (C=O) groups is 2. The first-order valence-corrected chi connectivity index (χ1v) is 11.8. The monoisotopic (exact) mass is 533 g/mol. The van der Waals surface area contributed by atoms with Gasteiger partial charge < -0.3 is 15.4 Å². The van der Waals surface area contributed by atoms with Crippen molar-refractivity contribution in [3.05, 3.63) is 105 Å². The lowest BCUT2D eigenvalue weighted by Gasteiger charge is -2.16. The molecule has 0 bridgehead atoms. The van der Waals surface area contributed by atoms with Gasteiger partial charge in [0.15, 0.2) is 11.6 Å². The van der Waals surface area contributed by atoms with E-state index in [-0.39, 0.29) is 40.8 Å². The van der Waals surface area contributed by atoms with Crippen LogP contribution in [0.3, 0.4) is 0 Å². The number of nitrogens with one attached hydrogen (secondary N) is 2. The van der Waals surface area contributed by atoms with Crippen LogP contribution in [0.15, 0.2) is 70.5 Å². The molecule has 1 aliphatic rings. The molecule has 2 N–H and O–H groups in total. The summed E-state index contributed by atoms with van der Waals surface area (Å²) in [5, 5.41) is 5.05. The van der Waals surface area contributed by atoms with Crippen LogP contribution in [0, 0.1) is 11.6 Å². The molecule has 0 saturated heterocycles. The Hall–Kier alpha value is -5.13.